The van der Waals surface area contributed by atoms with Crippen LogP contribution in [0.3, 0.4) is 0 Å². The number of likely N-dealkylation sites (N-methyl/N-ethyl adjacent to an activating group) is 1. The number of benzene rings is 1. The van der Waals surface area contributed by atoms with Crippen LogP contribution >= 0.6 is 0 Å². The van der Waals surface area contributed by atoms with E-state index in [0.29, 0.717) is 22.7 Å². The standard InChI is InChI=1S/C12H15NO4/c1-7-12(15)13(2)9-4-8(6-14)5-10(16-3)11(9)17-7/h4-5,7,14H,6H2,1-3H3. The lowest BCUT2D eigenvalue weighted by atomic mass is 10.1. The highest BCUT2D eigenvalue weighted by molar-refractivity contribution is 6.00. The van der Waals surface area contributed by atoms with Crippen molar-refractivity contribution in [2.75, 3.05) is 19.1 Å². The summed E-state index contributed by atoms with van der Waals surface area (Å²) < 4.78 is 10.8. The lowest BCUT2D eigenvalue weighted by Crippen LogP contribution is -2.42. The number of amides is 1. The zero-order valence-electron chi connectivity index (χ0n) is 10.1. The molecule has 1 aromatic carbocycles. The molecule has 1 amide bonds. The fourth-order valence-electron chi connectivity index (χ4n) is 1.87. The van der Waals surface area contributed by atoms with E-state index < -0.39 is 6.10 Å². The number of ether oxygens (including phenoxy) is 2. The molecule has 0 aliphatic carbocycles. The van der Waals surface area contributed by atoms with Gasteiger partial charge in [0.15, 0.2) is 17.6 Å². The van der Waals surface area contributed by atoms with Crippen LogP contribution in [0.25, 0.3) is 0 Å². The first-order valence-corrected chi connectivity index (χ1v) is 5.34. The Balaban J connectivity index is 2.58. The smallest absolute Gasteiger partial charge is 0.267 e. The molecule has 92 valence electrons. The minimum Gasteiger partial charge on any atom is -0.493 e. The van der Waals surface area contributed by atoms with Crippen LogP contribution in [-0.4, -0.2) is 31.3 Å². The third-order valence-electron chi connectivity index (χ3n) is 2.83. The van der Waals surface area contributed by atoms with Gasteiger partial charge in [0.05, 0.1) is 19.4 Å². The largest absolute Gasteiger partial charge is 0.493 e. The second kappa shape index (κ2) is 4.25. The van der Waals surface area contributed by atoms with Crippen LogP contribution in [0, 0.1) is 0 Å². The number of nitrogens with zero attached hydrogens (tertiary/aromatic N) is 1. The first-order valence-electron chi connectivity index (χ1n) is 5.34. The van der Waals surface area contributed by atoms with Crippen LogP contribution in [0.1, 0.15) is 12.5 Å². The summed E-state index contributed by atoms with van der Waals surface area (Å²) in [5.41, 5.74) is 1.30. The van der Waals surface area contributed by atoms with Crippen LogP contribution < -0.4 is 14.4 Å². The highest BCUT2D eigenvalue weighted by Gasteiger charge is 2.31. The van der Waals surface area contributed by atoms with Gasteiger partial charge >= 0.3 is 0 Å². The molecule has 5 heteroatoms. The van der Waals surface area contributed by atoms with Crippen molar-refractivity contribution in [1.82, 2.24) is 0 Å². The molecule has 0 radical (unpaired) electrons. The number of anilines is 1. The molecule has 2 rings (SSSR count). The second-order valence-electron chi connectivity index (χ2n) is 3.96. The Kier molecular flexibility index (Phi) is 2.93. The molecule has 0 saturated heterocycles. The second-order valence-corrected chi connectivity index (χ2v) is 3.96. The van der Waals surface area contributed by atoms with Gasteiger partial charge in [0, 0.05) is 7.05 Å². The third kappa shape index (κ3) is 1.82. The van der Waals surface area contributed by atoms with Gasteiger partial charge in [0.2, 0.25) is 0 Å². The van der Waals surface area contributed by atoms with Crippen molar-refractivity contribution in [3.05, 3.63) is 17.7 Å². The van der Waals surface area contributed by atoms with E-state index in [1.165, 1.54) is 12.0 Å². The molecule has 17 heavy (non-hydrogen) atoms. The summed E-state index contributed by atoms with van der Waals surface area (Å²) >= 11 is 0. The maximum atomic E-state index is 11.8. The van der Waals surface area contributed by atoms with Gasteiger partial charge in [-0.2, -0.15) is 0 Å². The van der Waals surface area contributed by atoms with Crippen LogP contribution in [0.15, 0.2) is 12.1 Å². The van der Waals surface area contributed by atoms with Gasteiger partial charge in [-0.05, 0) is 24.6 Å². The predicted molar refractivity (Wildman–Crippen MR) is 62.4 cm³/mol. The van der Waals surface area contributed by atoms with Gasteiger partial charge in [-0.3, -0.25) is 4.79 Å². The number of carbonyl (C=O) groups excluding carboxylic acids is 1. The first-order chi connectivity index (χ1) is 8.08. The number of hydrogen-bond donors (Lipinski definition) is 1. The molecule has 1 aliphatic heterocycles. The van der Waals surface area contributed by atoms with Crippen molar-refractivity contribution in [3.63, 3.8) is 0 Å². The lowest BCUT2D eigenvalue weighted by Gasteiger charge is -2.31. The molecule has 0 fully saturated rings. The summed E-state index contributed by atoms with van der Waals surface area (Å²) in [6.07, 6.45) is -0.527. The maximum absolute atomic E-state index is 11.8. The summed E-state index contributed by atoms with van der Waals surface area (Å²) in [5.74, 6) is 0.951. The van der Waals surface area contributed by atoms with Crippen molar-refractivity contribution >= 4 is 11.6 Å². The molecule has 0 bridgehead atoms. The molecule has 1 heterocycles. The van der Waals surface area contributed by atoms with Crippen LogP contribution in [0.4, 0.5) is 5.69 Å². The van der Waals surface area contributed by atoms with E-state index in [4.69, 9.17) is 14.6 Å². The van der Waals surface area contributed by atoms with Crippen molar-refractivity contribution in [3.8, 4) is 11.5 Å². The molecular weight excluding hydrogens is 222 g/mol. The molecule has 1 aromatic rings. The monoisotopic (exact) mass is 237 g/mol. The average molecular weight is 237 g/mol. The van der Waals surface area contributed by atoms with Crippen molar-refractivity contribution in [1.29, 1.82) is 0 Å². The van der Waals surface area contributed by atoms with Crippen LogP contribution in [0.5, 0.6) is 11.5 Å². The molecule has 5 nitrogen and oxygen atoms in total. The zero-order valence-corrected chi connectivity index (χ0v) is 10.1. The Bertz CT molecular complexity index is 458. The lowest BCUT2D eigenvalue weighted by molar-refractivity contribution is -0.125. The summed E-state index contributed by atoms with van der Waals surface area (Å²) in [5, 5.41) is 9.16. The average Bonchev–Trinajstić information content (AvgIpc) is 2.35. The fourth-order valence-corrected chi connectivity index (χ4v) is 1.87. The minimum atomic E-state index is -0.527. The first kappa shape index (κ1) is 11.7. The Hall–Kier alpha value is -1.75. The number of aliphatic hydroxyl groups excluding tert-OH is 1. The number of methoxy groups -OCH3 is 1. The molecule has 0 spiro atoms. The molecular formula is C12H15NO4. The summed E-state index contributed by atoms with van der Waals surface area (Å²) in [7, 11) is 3.21. The van der Waals surface area contributed by atoms with Crippen molar-refractivity contribution in [2.24, 2.45) is 0 Å². The molecule has 1 aliphatic rings. The Morgan fingerprint density at radius 1 is 1.53 bits per heavy atom. The SMILES string of the molecule is COc1cc(CO)cc2c1OC(C)C(=O)N2C. The van der Waals surface area contributed by atoms with Gasteiger partial charge in [0.25, 0.3) is 5.91 Å². The van der Waals surface area contributed by atoms with E-state index >= 15 is 0 Å². The highest BCUT2D eigenvalue weighted by Crippen LogP contribution is 2.42. The molecule has 1 atom stereocenters. The number of hydrogen-bond acceptors (Lipinski definition) is 4. The Morgan fingerprint density at radius 2 is 2.24 bits per heavy atom. The molecule has 0 saturated carbocycles. The van der Waals surface area contributed by atoms with Gasteiger partial charge in [-0.15, -0.1) is 0 Å². The Morgan fingerprint density at radius 3 is 2.82 bits per heavy atom. The highest BCUT2D eigenvalue weighted by atomic mass is 16.5. The summed E-state index contributed by atoms with van der Waals surface area (Å²) in [6.45, 7) is 1.59. The normalized spacial score (nSPS) is 18.7. The number of aliphatic hydroxyl groups is 1. The van der Waals surface area contributed by atoms with Crippen LogP contribution in [0.2, 0.25) is 0 Å². The third-order valence-corrected chi connectivity index (χ3v) is 2.83. The van der Waals surface area contributed by atoms with Crippen LogP contribution in [-0.2, 0) is 11.4 Å². The summed E-state index contributed by atoms with van der Waals surface area (Å²) in [4.78, 5) is 13.3. The van der Waals surface area contributed by atoms with E-state index in [1.54, 1.807) is 26.1 Å². The van der Waals surface area contributed by atoms with Gasteiger partial charge in [-0.25, -0.2) is 0 Å². The number of carbonyl (C=O) groups is 1. The van der Waals surface area contributed by atoms with E-state index in [-0.39, 0.29) is 12.5 Å². The zero-order chi connectivity index (χ0) is 12.6. The van der Waals surface area contributed by atoms with E-state index in [1.807, 2.05) is 0 Å². The molecule has 1 N–H and O–H groups in total. The fraction of sp³-hybridized carbons (Fsp3) is 0.417. The van der Waals surface area contributed by atoms with Gasteiger partial charge in [0.1, 0.15) is 0 Å². The van der Waals surface area contributed by atoms with Crippen molar-refractivity contribution < 1.29 is 19.4 Å². The molecule has 0 aromatic heterocycles. The number of fused-ring (bicyclic) bond motifs is 1. The van der Waals surface area contributed by atoms with Crippen molar-refractivity contribution in [2.45, 2.75) is 19.6 Å². The predicted octanol–water partition coefficient (Wildman–Crippen LogP) is 0.931. The summed E-state index contributed by atoms with van der Waals surface area (Å²) in [6, 6.07) is 3.43. The maximum Gasteiger partial charge on any atom is 0.267 e. The van der Waals surface area contributed by atoms with E-state index in [2.05, 4.69) is 0 Å². The van der Waals surface area contributed by atoms with E-state index in [9.17, 15) is 4.79 Å². The quantitative estimate of drug-likeness (QED) is 0.831. The Labute approximate surface area is 99.6 Å². The number of rotatable bonds is 2. The van der Waals surface area contributed by atoms with E-state index in [0.717, 1.165) is 0 Å². The minimum absolute atomic E-state index is 0.110. The van der Waals surface area contributed by atoms with Gasteiger partial charge < -0.3 is 19.5 Å². The molecule has 1 unspecified atom stereocenters. The topological polar surface area (TPSA) is 59.0 Å². The van der Waals surface area contributed by atoms with Gasteiger partial charge in [-0.1, -0.05) is 0 Å².